The van der Waals surface area contributed by atoms with Gasteiger partial charge in [-0.3, -0.25) is 0 Å². The number of aliphatic hydroxyl groups is 1. The van der Waals surface area contributed by atoms with Crippen LogP contribution in [-0.2, 0) is 6.42 Å². The van der Waals surface area contributed by atoms with E-state index >= 15 is 0 Å². The number of aliphatic hydroxyl groups excluding tert-OH is 1. The van der Waals surface area contributed by atoms with Crippen molar-refractivity contribution in [2.24, 2.45) is 0 Å². The monoisotopic (exact) mass is 294 g/mol. The molecule has 6 heteroatoms. The Morgan fingerprint density at radius 2 is 2.15 bits per heavy atom. The van der Waals surface area contributed by atoms with E-state index in [2.05, 4.69) is 10.3 Å². The van der Waals surface area contributed by atoms with Gasteiger partial charge in [-0.25, -0.2) is 0 Å². The zero-order valence-electron chi connectivity index (χ0n) is 11.3. The molecule has 0 amide bonds. The van der Waals surface area contributed by atoms with Gasteiger partial charge in [-0.2, -0.15) is 0 Å². The number of H-pyrrole nitrogens is 1. The first-order chi connectivity index (χ1) is 9.67. The maximum absolute atomic E-state index is 9.92. The van der Waals surface area contributed by atoms with Gasteiger partial charge in [0.15, 0.2) is 0 Å². The maximum atomic E-state index is 9.92. The predicted molar refractivity (Wildman–Crippen MR) is 79.7 cm³/mol. The fraction of sp³-hybridized carbons (Fsp3) is 0.357. The third kappa shape index (κ3) is 4.40. The minimum atomic E-state index is -0.546. The van der Waals surface area contributed by atoms with Crippen LogP contribution in [0.5, 0.6) is 5.75 Å². The largest absolute Gasteiger partial charge is 0.494 e. The summed E-state index contributed by atoms with van der Waals surface area (Å²) in [5, 5.41) is 13.1. The molecule has 0 saturated carbocycles. The minimum absolute atomic E-state index is 0.326. The van der Waals surface area contributed by atoms with E-state index in [1.807, 2.05) is 31.2 Å². The molecule has 108 valence electrons. The summed E-state index contributed by atoms with van der Waals surface area (Å²) in [6.45, 7) is 3.03. The number of oxazole rings is 1. The van der Waals surface area contributed by atoms with Crippen molar-refractivity contribution in [3.63, 3.8) is 0 Å². The highest BCUT2D eigenvalue weighted by atomic mass is 32.1. The quantitative estimate of drug-likeness (QED) is 0.685. The van der Waals surface area contributed by atoms with Crippen molar-refractivity contribution in [3.8, 4) is 5.75 Å². The zero-order chi connectivity index (χ0) is 14.4. The highest BCUT2D eigenvalue weighted by molar-refractivity contribution is 7.71. The molecule has 0 aliphatic carbocycles. The van der Waals surface area contributed by atoms with Gasteiger partial charge in [0.05, 0.1) is 12.7 Å². The van der Waals surface area contributed by atoms with Crippen molar-refractivity contribution in [2.75, 3.05) is 18.5 Å². The van der Waals surface area contributed by atoms with Crippen LogP contribution in [0, 0.1) is 4.84 Å². The van der Waals surface area contributed by atoms with Crippen LogP contribution < -0.4 is 10.1 Å². The van der Waals surface area contributed by atoms with Crippen LogP contribution in [0.15, 0.2) is 34.9 Å². The van der Waals surface area contributed by atoms with Crippen molar-refractivity contribution in [2.45, 2.75) is 19.4 Å². The molecule has 1 aromatic carbocycles. The Kier molecular flexibility index (Phi) is 5.20. The molecule has 1 unspecified atom stereocenters. The van der Waals surface area contributed by atoms with Gasteiger partial charge in [0.25, 0.3) is 4.84 Å². The maximum Gasteiger partial charge on any atom is 0.266 e. The summed E-state index contributed by atoms with van der Waals surface area (Å²) in [5.74, 6) is 1.48. The van der Waals surface area contributed by atoms with Crippen LogP contribution in [0.4, 0.5) is 5.69 Å². The van der Waals surface area contributed by atoms with Crippen LogP contribution in [0.1, 0.15) is 12.7 Å². The Balaban J connectivity index is 1.80. The molecule has 2 aromatic rings. The molecule has 0 saturated heterocycles. The average Bonchev–Trinajstić information content (AvgIpc) is 2.84. The van der Waals surface area contributed by atoms with Gasteiger partial charge in [0, 0.05) is 24.8 Å². The second-order valence-corrected chi connectivity index (χ2v) is 4.71. The standard InChI is InChI=1S/C14H18N2O3S/c1-2-18-12-5-3-10(4-6-12)15-8-11(17)7-13-9-16-14(20)19-13/h3-6,9,11,15,17H,2,7-8H2,1H3,(H,16,20). The van der Waals surface area contributed by atoms with Crippen LogP contribution >= 0.6 is 12.2 Å². The van der Waals surface area contributed by atoms with Crippen molar-refractivity contribution < 1.29 is 14.3 Å². The Hall–Kier alpha value is -1.79. The second-order valence-electron chi connectivity index (χ2n) is 4.34. The third-order valence-electron chi connectivity index (χ3n) is 2.72. The second kappa shape index (κ2) is 7.12. The van der Waals surface area contributed by atoms with E-state index in [1.54, 1.807) is 6.20 Å². The van der Waals surface area contributed by atoms with E-state index < -0.39 is 6.10 Å². The molecule has 1 aromatic heterocycles. The Labute approximate surface area is 122 Å². The number of benzene rings is 1. The molecular weight excluding hydrogens is 276 g/mol. The van der Waals surface area contributed by atoms with Crippen LogP contribution in [-0.4, -0.2) is 29.3 Å². The summed E-state index contributed by atoms with van der Waals surface area (Å²) in [4.78, 5) is 3.09. The number of aromatic amines is 1. The van der Waals surface area contributed by atoms with E-state index in [0.717, 1.165) is 11.4 Å². The van der Waals surface area contributed by atoms with E-state index in [1.165, 1.54) is 0 Å². The fourth-order valence-electron chi connectivity index (χ4n) is 1.79. The van der Waals surface area contributed by atoms with Crippen molar-refractivity contribution in [3.05, 3.63) is 41.1 Å². The summed E-state index contributed by atoms with van der Waals surface area (Å²) in [5.41, 5.74) is 0.933. The molecule has 0 spiro atoms. The van der Waals surface area contributed by atoms with Crippen LogP contribution in [0.25, 0.3) is 0 Å². The molecule has 3 N–H and O–H groups in total. The average molecular weight is 294 g/mol. The number of anilines is 1. The number of aromatic nitrogens is 1. The molecule has 0 bridgehead atoms. The lowest BCUT2D eigenvalue weighted by Gasteiger charge is -2.12. The molecule has 0 aliphatic heterocycles. The summed E-state index contributed by atoms with van der Waals surface area (Å²) < 4.78 is 10.6. The molecule has 0 radical (unpaired) electrons. The first kappa shape index (κ1) is 14.6. The van der Waals surface area contributed by atoms with Gasteiger partial charge in [0.1, 0.15) is 11.5 Å². The molecular formula is C14H18N2O3S. The number of hydrogen-bond donors (Lipinski definition) is 3. The highest BCUT2D eigenvalue weighted by Gasteiger charge is 2.08. The molecule has 0 aliphatic rings. The van der Waals surface area contributed by atoms with Gasteiger partial charge < -0.3 is 24.6 Å². The molecule has 1 atom stereocenters. The highest BCUT2D eigenvalue weighted by Crippen LogP contribution is 2.15. The Morgan fingerprint density at radius 1 is 1.40 bits per heavy atom. The zero-order valence-corrected chi connectivity index (χ0v) is 12.1. The summed E-state index contributed by atoms with van der Waals surface area (Å²) in [6.07, 6.45) is 1.54. The van der Waals surface area contributed by atoms with Gasteiger partial charge in [-0.05, 0) is 43.4 Å². The van der Waals surface area contributed by atoms with Gasteiger partial charge in [-0.1, -0.05) is 0 Å². The SMILES string of the molecule is CCOc1ccc(NCC(O)Cc2c[nH]c(=S)o2)cc1. The van der Waals surface area contributed by atoms with E-state index in [0.29, 0.717) is 30.2 Å². The predicted octanol–water partition coefficient (Wildman–Crippen LogP) is 2.75. The lowest BCUT2D eigenvalue weighted by atomic mass is 10.2. The lowest BCUT2D eigenvalue weighted by molar-refractivity contribution is 0.180. The number of rotatable bonds is 7. The Bertz CT molecular complexity index is 577. The van der Waals surface area contributed by atoms with E-state index in [-0.39, 0.29) is 0 Å². The van der Waals surface area contributed by atoms with Crippen LogP contribution in [0.3, 0.4) is 0 Å². The fourth-order valence-corrected chi connectivity index (χ4v) is 1.96. The van der Waals surface area contributed by atoms with Gasteiger partial charge >= 0.3 is 0 Å². The first-order valence-electron chi connectivity index (χ1n) is 6.49. The number of hydrogen-bond acceptors (Lipinski definition) is 5. The summed E-state index contributed by atoms with van der Waals surface area (Å²) >= 11 is 4.83. The smallest absolute Gasteiger partial charge is 0.266 e. The summed E-state index contributed by atoms with van der Waals surface area (Å²) in [6, 6.07) is 7.62. The number of ether oxygens (including phenoxy) is 1. The first-order valence-corrected chi connectivity index (χ1v) is 6.90. The normalized spacial score (nSPS) is 12.1. The summed E-state index contributed by atoms with van der Waals surface area (Å²) in [7, 11) is 0. The Morgan fingerprint density at radius 3 is 2.75 bits per heavy atom. The van der Waals surface area contributed by atoms with E-state index in [4.69, 9.17) is 21.4 Å². The molecule has 0 fully saturated rings. The molecule has 5 nitrogen and oxygen atoms in total. The third-order valence-corrected chi connectivity index (χ3v) is 2.92. The molecule has 20 heavy (non-hydrogen) atoms. The van der Waals surface area contributed by atoms with Crippen LogP contribution in [0.2, 0.25) is 0 Å². The number of nitrogens with one attached hydrogen (secondary N) is 2. The van der Waals surface area contributed by atoms with Gasteiger partial charge in [-0.15, -0.1) is 0 Å². The van der Waals surface area contributed by atoms with Crippen molar-refractivity contribution in [1.82, 2.24) is 4.98 Å². The lowest BCUT2D eigenvalue weighted by Crippen LogP contribution is -2.21. The van der Waals surface area contributed by atoms with Crippen molar-refractivity contribution >= 4 is 17.9 Å². The van der Waals surface area contributed by atoms with E-state index in [9.17, 15) is 5.11 Å². The van der Waals surface area contributed by atoms with Crippen molar-refractivity contribution in [1.29, 1.82) is 0 Å². The molecule has 1 heterocycles. The topological polar surface area (TPSA) is 70.4 Å². The molecule has 2 rings (SSSR count). The minimum Gasteiger partial charge on any atom is -0.494 e. The van der Waals surface area contributed by atoms with Gasteiger partial charge in [0.2, 0.25) is 0 Å².